The van der Waals surface area contributed by atoms with Crippen LogP contribution in [0.1, 0.15) is 207 Å². The predicted molar refractivity (Wildman–Crippen MR) is 202 cm³/mol. The lowest BCUT2D eigenvalue weighted by molar-refractivity contribution is -0.277. The van der Waals surface area contributed by atoms with Crippen molar-refractivity contribution >= 4 is 17.9 Å². The average molecular weight is 731 g/mol. The molecule has 0 aliphatic rings. The van der Waals surface area contributed by atoms with Gasteiger partial charge in [-0.1, -0.05) is 168 Å². The van der Waals surface area contributed by atoms with Gasteiger partial charge in [-0.3, -0.25) is 9.59 Å². The SMILES string of the molecule is CCCCCCCCCCCC(=O)OC(OC(=O)CCCCCCCCCCC)(C(=O)OC(O)C(C)O)C(CCCCCCCCC)C(O)CO. The highest BCUT2D eigenvalue weighted by molar-refractivity contribution is 5.85. The van der Waals surface area contributed by atoms with E-state index >= 15 is 0 Å². The molecule has 10 nitrogen and oxygen atoms in total. The van der Waals surface area contributed by atoms with Crippen LogP contribution in [-0.2, 0) is 28.6 Å². The number of hydrogen-bond acceptors (Lipinski definition) is 10. The van der Waals surface area contributed by atoms with Crippen LogP contribution < -0.4 is 0 Å². The zero-order valence-electron chi connectivity index (χ0n) is 33.1. The van der Waals surface area contributed by atoms with Crippen LogP contribution in [0.4, 0.5) is 0 Å². The van der Waals surface area contributed by atoms with Crippen LogP contribution in [0.25, 0.3) is 0 Å². The molecule has 302 valence electrons. The van der Waals surface area contributed by atoms with Crippen molar-refractivity contribution in [2.45, 2.75) is 232 Å². The summed E-state index contributed by atoms with van der Waals surface area (Å²) in [5.74, 6) is -7.16. The number of ether oxygens (including phenoxy) is 3. The molecule has 51 heavy (non-hydrogen) atoms. The Balaban J connectivity index is 5.97. The van der Waals surface area contributed by atoms with Crippen molar-refractivity contribution in [3.63, 3.8) is 0 Å². The first kappa shape index (κ1) is 49.2. The molecule has 0 bridgehead atoms. The first-order valence-electron chi connectivity index (χ1n) is 20.9. The van der Waals surface area contributed by atoms with Gasteiger partial charge in [0.2, 0.25) is 6.29 Å². The summed E-state index contributed by atoms with van der Waals surface area (Å²) in [5.41, 5.74) is 0. The van der Waals surface area contributed by atoms with Gasteiger partial charge in [-0.05, 0) is 26.2 Å². The van der Waals surface area contributed by atoms with E-state index in [1.807, 2.05) is 0 Å². The smallest absolute Gasteiger partial charge is 0.395 e. The van der Waals surface area contributed by atoms with E-state index in [1.165, 1.54) is 58.3 Å². The van der Waals surface area contributed by atoms with E-state index in [-0.39, 0.29) is 19.3 Å². The molecule has 0 rings (SSSR count). The Hall–Kier alpha value is -1.75. The zero-order chi connectivity index (χ0) is 38.2. The maximum absolute atomic E-state index is 13.9. The Morgan fingerprint density at radius 3 is 1.20 bits per heavy atom. The molecule has 0 aromatic rings. The van der Waals surface area contributed by atoms with E-state index < -0.39 is 54.7 Å². The van der Waals surface area contributed by atoms with Crippen molar-refractivity contribution in [2.24, 2.45) is 5.92 Å². The van der Waals surface area contributed by atoms with Crippen LogP contribution >= 0.6 is 0 Å². The summed E-state index contributed by atoms with van der Waals surface area (Å²) in [6.07, 6.45) is 19.9. The topological polar surface area (TPSA) is 160 Å². The third-order valence-corrected chi connectivity index (χ3v) is 9.68. The lowest BCUT2D eigenvalue weighted by Gasteiger charge is -2.39. The average Bonchev–Trinajstić information content (AvgIpc) is 3.10. The number of unbranched alkanes of at least 4 members (excludes halogenated alkanes) is 22. The molecule has 0 aromatic carbocycles. The van der Waals surface area contributed by atoms with Gasteiger partial charge in [-0.2, -0.15) is 0 Å². The summed E-state index contributed by atoms with van der Waals surface area (Å²) in [5, 5.41) is 41.4. The minimum Gasteiger partial charge on any atom is -0.427 e. The van der Waals surface area contributed by atoms with Gasteiger partial charge in [0.15, 0.2) is 0 Å². The van der Waals surface area contributed by atoms with Crippen molar-refractivity contribution in [3.05, 3.63) is 0 Å². The van der Waals surface area contributed by atoms with Gasteiger partial charge in [0, 0.05) is 12.8 Å². The zero-order valence-corrected chi connectivity index (χ0v) is 33.1. The van der Waals surface area contributed by atoms with Gasteiger partial charge >= 0.3 is 23.7 Å². The fraction of sp³-hybridized carbons (Fsp3) is 0.927. The molecule has 0 aromatic heterocycles. The van der Waals surface area contributed by atoms with Gasteiger partial charge in [0.05, 0.1) is 18.6 Å². The highest BCUT2D eigenvalue weighted by Crippen LogP contribution is 2.35. The molecule has 0 saturated heterocycles. The van der Waals surface area contributed by atoms with E-state index in [4.69, 9.17) is 14.2 Å². The van der Waals surface area contributed by atoms with Crippen molar-refractivity contribution in [3.8, 4) is 0 Å². The number of carbonyl (C=O) groups is 3. The van der Waals surface area contributed by atoms with Gasteiger partial charge < -0.3 is 34.6 Å². The Morgan fingerprint density at radius 2 is 0.863 bits per heavy atom. The number of carbonyl (C=O) groups excluding carboxylic acids is 3. The maximum Gasteiger partial charge on any atom is 0.395 e. The van der Waals surface area contributed by atoms with Gasteiger partial charge in [0.25, 0.3) is 0 Å². The number of hydrogen-bond donors (Lipinski definition) is 4. The summed E-state index contributed by atoms with van der Waals surface area (Å²) >= 11 is 0. The van der Waals surface area contributed by atoms with E-state index in [1.54, 1.807) is 0 Å². The largest absolute Gasteiger partial charge is 0.427 e. The minimum absolute atomic E-state index is 0.0566. The van der Waals surface area contributed by atoms with Gasteiger partial charge in [0.1, 0.15) is 6.10 Å². The second-order valence-corrected chi connectivity index (χ2v) is 14.6. The van der Waals surface area contributed by atoms with Crippen LogP contribution in [-0.4, -0.2) is 69.2 Å². The quantitative estimate of drug-likeness (QED) is 0.0278. The molecular formula is C41H78O10. The minimum atomic E-state index is -2.76. The molecule has 4 atom stereocenters. The van der Waals surface area contributed by atoms with E-state index in [0.29, 0.717) is 19.3 Å². The normalized spacial score (nSPS) is 14.1. The predicted octanol–water partition coefficient (Wildman–Crippen LogP) is 8.96. The van der Waals surface area contributed by atoms with Gasteiger partial charge in [-0.15, -0.1) is 0 Å². The molecule has 0 heterocycles. The van der Waals surface area contributed by atoms with Crippen molar-refractivity contribution in [2.75, 3.05) is 6.61 Å². The third-order valence-electron chi connectivity index (χ3n) is 9.68. The Bertz CT molecular complexity index is 812. The fourth-order valence-corrected chi connectivity index (χ4v) is 6.38. The first-order chi connectivity index (χ1) is 24.6. The van der Waals surface area contributed by atoms with Crippen LogP contribution in [0.5, 0.6) is 0 Å². The summed E-state index contributed by atoms with van der Waals surface area (Å²) in [6, 6.07) is 0. The number of esters is 3. The van der Waals surface area contributed by atoms with Crippen LogP contribution in [0.3, 0.4) is 0 Å². The molecule has 0 spiro atoms. The molecule has 0 radical (unpaired) electrons. The lowest BCUT2D eigenvalue weighted by atomic mass is 9.86. The molecule has 0 aliphatic carbocycles. The van der Waals surface area contributed by atoms with Crippen LogP contribution in [0.2, 0.25) is 0 Å². The summed E-state index contributed by atoms with van der Waals surface area (Å²) < 4.78 is 16.7. The number of rotatable bonds is 36. The highest BCUT2D eigenvalue weighted by atomic mass is 16.8. The van der Waals surface area contributed by atoms with Crippen molar-refractivity contribution in [1.82, 2.24) is 0 Å². The van der Waals surface area contributed by atoms with E-state index in [2.05, 4.69) is 20.8 Å². The third kappa shape index (κ3) is 24.2. The number of aliphatic hydroxyl groups is 4. The maximum atomic E-state index is 13.9. The molecule has 0 amide bonds. The second-order valence-electron chi connectivity index (χ2n) is 14.6. The van der Waals surface area contributed by atoms with E-state index in [9.17, 15) is 34.8 Å². The van der Waals surface area contributed by atoms with Crippen LogP contribution in [0.15, 0.2) is 0 Å². The molecule has 0 saturated carbocycles. The molecular weight excluding hydrogens is 652 g/mol. The van der Waals surface area contributed by atoms with E-state index in [0.717, 1.165) is 89.9 Å². The molecule has 4 unspecified atom stereocenters. The van der Waals surface area contributed by atoms with Crippen molar-refractivity contribution < 1.29 is 49.0 Å². The standard InChI is InChI=1S/C41H78O10/c1-5-8-11-14-17-19-22-25-28-31-37(45)50-41(40(48)49-39(47)34(4)43,35(36(44)33-42)30-27-24-21-16-13-10-7-3)51-38(46)32-29-26-23-20-18-15-12-9-6-2/h34-36,39,42-44,47H,5-33H2,1-4H3. The summed E-state index contributed by atoms with van der Waals surface area (Å²) in [4.78, 5) is 40.8. The Labute approximate surface area is 310 Å². The Kier molecular flexibility index (Phi) is 31.7. The van der Waals surface area contributed by atoms with Crippen LogP contribution in [0, 0.1) is 5.92 Å². The molecule has 4 N–H and O–H groups in total. The number of aliphatic hydroxyl groups excluding tert-OH is 4. The summed E-state index contributed by atoms with van der Waals surface area (Å²) in [6.45, 7) is 6.93. The fourth-order valence-electron chi connectivity index (χ4n) is 6.38. The highest BCUT2D eigenvalue weighted by Gasteiger charge is 2.57. The lowest BCUT2D eigenvalue weighted by Crippen LogP contribution is -2.59. The molecule has 10 heteroatoms. The summed E-state index contributed by atoms with van der Waals surface area (Å²) in [7, 11) is 0. The first-order valence-corrected chi connectivity index (χ1v) is 20.9. The molecule has 0 aliphatic heterocycles. The molecule has 0 fully saturated rings. The monoisotopic (exact) mass is 731 g/mol. The second kappa shape index (κ2) is 32.9. The Morgan fingerprint density at radius 1 is 0.529 bits per heavy atom. The van der Waals surface area contributed by atoms with Gasteiger partial charge in [-0.25, -0.2) is 4.79 Å². The van der Waals surface area contributed by atoms with Crippen molar-refractivity contribution in [1.29, 1.82) is 0 Å².